The number of nitrogens with zero attached hydrogens (tertiary/aromatic N) is 1. The van der Waals surface area contributed by atoms with Crippen molar-refractivity contribution in [3.8, 4) is 0 Å². The van der Waals surface area contributed by atoms with Gasteiger partial charge in [-0.25, -0.2) is 4.98 Å². The molecule has 19 heavy (non-hydrogen) atoms. The van der Waals surface area contributed by atoms with Gasteiger partial charge in [-0.15, -0.1) is 0 Å². The molecule has 3 nitrogen and oxygen atoms in total. The molecule has 0 saturated carbocycles. The number of hydrogen-bond acceptors (Lipinski definition) is 2. The smallest absolute Gasteiger partial charge is 0.140 e. The molecule has 0 aliphatic rings. The van der Waals surface area contributed by atoms with Crippen LogP contribution in [0.5, 0.6) is 0 Å². The Morgan fingerprint density at radius 1 is 1.21 bits per heavy atom. The Kier molecular flexibility index (Phi) is 3.31. The first-order chi connectivity index (χ1) is 9.13. The maximum absolute atomic E-state index is 10.3. The maximum Gasteiger partial charge on any atom is 0.140 e. The molecule has 0 saturated heterocycles. The Morgan fingerprint density at radius 3 is 2.84 bits per heavy atom. The summed E-state index contributed by atoms with van der Waals surface area (Å²) in [6.07, 6.45) is -0.815. The standard InChI is InChI=1S/C14H10BrClN2O/c15-9-4-5-11-12(7-9)18-14(17-11)13(19)8-2-1-3-10(16)6-8/h1-7,13,19H,(H,17,18)/t13-/m0/s1. The van der Waals surface area contributed by atoms with Gasteiger partial charge in [-0.05, 0) is 35.9 Å². The Balaban J connectivity index is 2.04. The minimum absolute atomic E-state index is 0.510. The van der Waals surface area contributed by atoms with Crippen LogP contribution in [0.3, 0.4) is 0 Å². The van der Waals surface area contributed by atoms with Crippen molar-refractivity contribution in [2.24, 2.45) is 0 Å². The van der Waals surface area contributed by atoms with E-state index in [0.717, 1.165) is 15.5 Å². The Bertz CT molecular complexity index is 741. The molecule has 0 aliphatic carbocycles. The monoisotopic (exact) mass is 336 g/mol. The van der Waals surface area contributed by atoms with Crippen LogP contribution in [0.15, 0.2) is 46.9 Å². The molecule has 0 unspecified atom stereocenters. The van der Waals surface area contributed by atoms with E-state index < -0.39 is 6.10 Å². The average Bonchev–Trinajstić information content (AvgIpc) is 2.80. The molecule has 0 radical (unpaired) electrons. The topological polar surface area (TPSA) is 48.9 Å². The second kappa shape index (κ2) is 4.96. The predicted octanol–water partition coefficient (Wildman–Crippen LogP) is 4.06. The highest BCUT2D eigenvalue weighted by Gasteiger charge is 2.15. The van der Waals surface area contributed by atoms with Gasteiger partial charge in [0.2, 0.25) is 0 Å². The number of rotatable bonds is 2. The molecule has 0 aliphatic heterocycles. The quantitative estimate of drug-likeness (QED) is 0.741. The van der Waals surface area contributed by atoms with E-state index in [4.69, 9.17) is 11.6 Å². The second-order valence-corrected chi connectivity index (χ2v) is 5.59. The van der Waals surface area contributed by atoms with Crippen molar-refractivity contribution >= 4 is 38.6 Å². The first-order valence-corrected chi connectivity index (χ1v) is 6.89. The zero-order chi connectivity index (χ0) is 13.4. The molecule has 0 fully saturated rings. The van der Waals surface area contributed by atoms with Crippen molar-refractivity contribution < 1.29 is 5.11 Å². The molecule has 0 spiro atoms. The number of imidazole rings is 1. The molecule has 3 aromatic rings. The van der Waals surface area contributed by atoms with E-state index in [9.17, 15) is 5.11 Å². The number of aromatic nitrogens is 2. The van der Waals surface area contributed by atoms with Crippen molar-refractivity contribution in [2.75, 3.05) is 0 Å². The van der Waals surface area contributed by atoms with Gasteiger partial charge in [0.05, 0.1) is 11.0 Å². The summed E-state index contributed by atoms with van der Waals surface area (Å²) in [7, 11) is 0. The lowest BCUT2D eigenvalue weighted by Gasteiger charge is -2.07. The molecule has 96 valence electrons. The molecule has 1 aromatic heterocycles. The number of aliphatic hydroxyl groups excluding tert-OH is 1. The van der Waals surface area contributed by atoms with E-state index in [2.05, 4.69) is 25.9 Å². The Hall–Kier alpha value is -1.36. The zero-order valence-electron chi connectivity index (χ0n) is 9.77. The summed E-state index contributed by atoms with van der Waals surface area (Å²) in [5.41, 5.74) is 2.41. The maximum atomic E-state index is 10.3. The van der Waals surface area contributed by atoms with Crippen LogP contribution in [0.2, 0.25) is 5.02 Å². The summed E-state index contributed by atoms with van der Waals surface area (Å²) in [6.45, 7) is 0. The Morgan fingerprint density at radius 2 is 2.05 bits per heavy atom. The molecule has 1 atom stereocenters. The molecule has 2 aromatic carbocycles. The lowest BCUT2D eigenvalue weighted by molar-refractivity contribution is 0.211. The molecule has 2 N–H and O–H groups in total. The van der Waals surface area contributed by atoms with Crippen LogP contribution in [0, 0.1) is 0 Å². The third-order valence-corrected chi connectivity index (χ3v) is 3.61. The van der Waals surface area contributed by atoms with E-state index in [1.54, 1.807) is 18.2 Å². The van der Waals surface area contributed by atoms with Gasteiger partial charge < -0.3 is 10.1 Å². The molecular formula is C14H10BrClN2O. The summed E-state index contributed by atoms with van der Waals surface area (Å²) >= 11 is 9.33. The average molecular weight is 338 g/mol. The molecule has 0 bridgehead atoms. The van der Waals surface area contributed by atoms with Gasteiger partial charge in [0.15, 0.2) is 0 Å². The normalized spacial score (nSPS) is 12.8. The van der Waals surface area contributed by atoms with Crippen molar-refractivity contribution in [1.29, 1.82) is 0 Å². The van der Waals surface area contributed by atoms with Crippen LogP contribution in [0.4, 0.5) is 0 Å². The number of hydrogen-bond donors (Lipinski definition) is 2. The number of nitrogens with one attached hydrogen (secondary N) is 1. The van der Waals surface area contributed by atoms with Gasteiger partial charge in [-0.2, -0.15) is 0 Å². The van der Waals surface area contributed by atoms with Crippen molar-refractivity contribution in [3.63, 3.8) is 0 Å². The van der Waals surface area contributed by atoms with E-state index in [1.165, 1.54) is 0 Å². The van der Waals surface area contributed by atoms with Gasteiger partial charge in [0.25, 0.3) is 0 Å². The van der Waals surface area contributed by atoms with Crippen LogP contribution in [-0.2, 0) is 0 Å². The zero-order valence-corrected chi connectivity index (χ0v) is 12.1. The first-order valence-electron chi connectivity index (χ1n) is 5.72. The summed E-state index contributed by atoms with van der Waals surface area (Å²) in [5.74, 6) is 0.510. The lowest BCUT2D eigenvalue weighted by Crippen LogP contribution is -2.01. The van der Waals surface area contributed by atoms with Gasteiger partial charge in [-0.1, -0.05) is 39.7 Å². The molecular weight excluding hydrogens is 328 g/mol. The van der Waals surface area contributed by atoms with Crippen LogP contribution < -0.4 is 0 Å². The lowest BCUT2D eigenvalue weighted by atomic mass is 10.1. The summed E-state index contributed by atoms with van der Waals surface area (Å²) in [5, 5.41) is 10.9. The summed E-state index contributed by atoms with van der Waals surface area (Å²) in [6, 6.07) is 12.9. The number of fused-ring (bicyclic) bond motifs is 1. The molecule has 0 amide bonds. The van der Waals surface area contributed by atoms with E-state index >= 15 is 0 Å². The highest BCUT2D eigenvalue weighted by molar-refractivity contribution is 9.10. The van der Waals surface area contributed by atoms with Crippen LogP contribution in [0.1, 0.15) is 17.5 Å². The SMILES string of the molecule is O[C@@H](c1cccc(Cl)c1)c1nc2ccc(Br)cc2[nH]1. The fourth-order valence-corrected chi connectivity index (χ4v) is 2.53. The van der Waals surface area contributed by atoms with Crippen molar-refractivity contribution in [2.45, 2.75) is 6.10 Å². The van der Waals surface area contributed by atoms with Gasteiger partial charge >= 0.3 is 0 Å². The Labute approximate surface area is 123 Å². The third-order valence-electron chi connectivity index (χ3n) is 2.89. The number of halogens is 2. The third kappa shape index (κ3) is 2.52. The summed E-state index contributed by atoms with van der Waals surface area (Å²) < 4.78 is 0.965. The highest BCUT2D eigenvalue weighted by Crippen LogP contribution is 2.25. The number of H-pyrrole nitrogens is 1. The fraction of sp³-hybridized carbons (Fsp3) is 0.0714. The van der Waals surface area contributed by atoms with E-state index in [-0.39, 0.29) is 0 Å². The van der Waals surface area contributed by atoms with Gasteiger partial charge in [-0.3, -0.25) is 0 Å². The molecule has 1 heterocycles. The van der Waals surface area contributed by atoms with E-state index in [0.29, 0.717) is 16.4 Å². The minimum Gasteiger partial charge on any atom is -0.380 e. The number of aliphatic hydroxyl groups is 1. The molecule has 3 rings (SSSR count). The van der Waals surface area contributed by atoms with Crippen molar-refractivity contribution in [1.82, 2.24) is 9.97 Å². The van der Waals surface area contributed by atoms with Crippen molar-refractivity contribution in [3.05, 3.63) is 63.3 Å². The fourth-order valence-electron chi connectivity index (χ4n) is 1.97. The van der Waals surface area contributed by atoms with Gasteiger partial charge in [0.1, 0.15) is 11.9 Å². The van der Waals surface area contributed by atoms with Gasteiger partial charge in [0, 0.05) is 9.50 Å². The largest absolute Gasteiger partial charge is 0.380 e. The first kappa shape index (κ1) is 12.7. The number of aromatic amines is 1. The van der Waals surface area contributed by atoms with Crippen LogP contribution in [-0.4, -0.2) is 15.1 Å². The summed E-state index contributed by atoms with van der Waals surface area (Å²) in [4.78, 5) is 7.51. The predicted molar refractivity (Wildman–Crippen MR) is 79.3 cm³/mol. The number of benzene rings is 2. The highest BCUT2D eigenvalue weighted by atomic mass is 79.9. The second-order valence-electron chi connectivity index (χ2n) is 4.24. The molecule has 5 heteroatoms. The van der Waals surface area contributed by atoms with E-state index in [1.807, 2.05) is 24.3 Å². The van der Waals surface area contributed by atoms with Crippen LogP contribution >= 0.6 is 27.5 Å². The van der Waals surface area contributed by atoms with Crippen LogP contribution in [0.25, 0.3) is 11.0 Å². The minimum atomic E-state index is -0.815.